The topological polar surface area (TPSA) is 154 Å². The molecule has 0 radical (unpaired) electrons. The van der Waals surface area contributed by atoms with E-state index in [1.54, 1.807) is 24.3 Å². The van der Waals surface area contributed by atoms with E-state index in [0.717, 1.165) is 17.5 Å². The number of carbonyl (C=O) groups is 2. The first-order valence-electron chi connectivity index (χ1n) is 11.8. The van der Waals surface area contributed by atoms with Crippen LogP contribution in [0.1, 0.15) is 30.4 Å². The molecule has 9 nitrogen and oxygen atoms in total. The summed E-state index contributed by atoms with van der Waals surface area (Å²) in [6.45, 7) is 1.18. The number of carboxylic acids is 2. The van der Waals surface area contributed by atoms with Crippen molar-refractivity contribution >= 4 is 32.7 Å². The molecule has 0 spiro atoms. The lowest BCUT2D eigenvalue weighted by molar-refractivity contribution is -0.144. The van der Waals surface area contributed by atoms with E-state index in [-0.39, 0.29) is 5.75 Å². The van der Waals surface area contributed by atoms with Crippen LogP contribution in [-0.4, -0.2) is 71.9 Å². The van der Waals surface area contributed by atoms with Gasteiger partial charge in [-0.05, 0) is 74.7 Å². The number of benzene rings is 2. The van der Waals surface area contributed by atoms with E-state index >= 15 is 0 Å². The standard InChI is InChI=1S/C22H26N2O2S.C4H7NO4/c1-24-12-5-6-19(24)15-18-16-23-22-10-9-17(14-21(18)22)11-13-27(25,26)20-7-3-2-4-8-20;5-2(4(8)9)1-3(6)7/h2-4,7-10,14,16,19,23H,5-6,11-13,15H2,1H3;2H,1,5H2,(H,6,7)(H,8,9)/t19-;2-/m10/s1. The molecule has 2 aromatic carbocycles. The van der Waals surface area contributed by atoms with Gasteiger partial charge in [0.1, 0.15) is 6.04 Å². The fourth-order valence-corrected chi connectivity index (χ4v) is 5.63. The van der Waals surface area contributed by atoms with Crippen molar-refractivity contribution in [3.8, 4) is 0 Å². The van der Waals surface area contributed by atoms with Crippen LogP contribution < -0.4 is 5.73 Å². The van der Waals surface area contributed by atoms with Gasteiger partial charge >= 0.3 is 11.9 Å². The second kappa shape index (κ2) is 12.2. The maximum atomic E-state index is 12.5. The predicted octanol–water partition coefficient (Wildman–Crippen LogP) is 2.69. The van der Waals surface area contributed by atoms with Crippen LogP contribution >= 0.6 is 0 Å². The van der Waals surface area contributed by atoms with Crippen LogP contribution in [0.3, 0.4) is 0 Å². The number of H-pyrrole nitrogens is 1. The number of nitrogens with zero attached hydrogens (tertiary/aromatic N) is 1. The molecular weight excluding hydrogens is 482 g/mol. The number of rotatable bonds is 9. The minimum atomic E-state index is -3.25. The van der Waals surface area contributed by atoms with Crippen LogP contribution in [0.25, 0.3) is 10.9 Å². The zero-order valence-corrected chi connectivity index (χ0v) is 21.1. The minimum Gasteiger partial charge on any atom is -0.481 e. The van der Waals surface area contributed by atoms with Crippen molar-refractivity contribution in [3.05, 3.63) is 65.9 Å². The highest BCUT2D eigenvalue weighted by molar-refractivity contribution is 7.91. The Kier molecular flexibility index (Phi) is 9.25. The summed E-state index contributed by atoms with van der Waals surface area (Å²) in [5.74, 6) is -2.37. The smallest absolute Gasteiger partial charge is 0.321 e. The van der Waals surface area contributed by atoms with Gasteiger partial charge in [0.25, 0.3) is 0 Å². The van der Waals surface area contributed by atoms with Crippen LogP contribution in [0, 0.1) is 0 Å². The molecule has 1 aliphatic heterocycles. The van der Waals surface area contributed by atoms with Crippen LogP contribution in [0.15, 0.2) is 59.6 Å². The van der Waals surface area contributed by atoms with Crippen molar-refractivity contribution in [1.29, 1.82) is 0 Å². The first-order valence-corrected chi connectivity index (χ1v) is 13.5. The number of nitrogens with two attached hydrogens (primary N) is 1. The lowest BCUT2D eigenvalue weighted by atomic mass is 10.0. The summed E-state index contributed by atoms with van der Waals surface area (Å²) in [7, 11) is -1.05. The lowest BCUT2D eigenvalue weighted by Gasteiger charge is -2.18. The van der Waals surface area contributed by atoms with E-state index in [4.69, 9.17) is 15.9 Å². The number of likely N-dealkylation sites (tertiary alicyclic amines) is 1. The van der Waals surface area contributed by atoms with Crippen molar-refractivity contribution in [2.24, 2.45) is 5.73 Å². The zero-order valence-electron chi connectivity index (χ0n) is 20.3. The number of aromatic nitrogens is 1. The Morgan fingerprint density at radius 2 is 1.89 bits per heavy atom. The number of carboxylic acid groups (broad SMARTS) is 2. The second-order valence-corrected chi connectivity index (χ2v) is 11.2. The highest BCUT2D eigenvalue weighted by Gasteiger charge is 2.22. The zero-order chi connectivity index (χ0) is 26.3. The molecule has 1 fully saturated rings. The average molecular weight is 516 g/mol. The Bertz CT molecular complexity index is 1290. The predicted molar refractivity (Wildman–Crippen MR) is 138 cm³/mol. The number of aliphatic carboxylic acids is 2. The number of sulfone groups is 1. The molecule has 0 aliphatic carbocycles. The van der Waals surface area contributed by atoms with E-state index in [2.05, 4.69) is 35.3 Å². The van der Waals surface area contributed by atoms with Crippen LogP contribution in [0.5, 0.6) is 0 Å². The van der Waals surface area contributed by atoms with E-state index in [9.17, 15) is 18.0 Å². The van der Waals surface area contributed by atoms with Gasteiger partial charge < -0.3 is 25.8 Å². The fraction of sp³-hybridized carbons (Fsp3) is 0.385. The number of aryl methyl sites for hydroxylation is 1. The molecule has 1 aromatic heterocycles. The minimum absolute atomic E-state index is 0.133. The summed E-state index contributed by atoms with van der Waals surface area (Å²) in [5, 5.41) is 17.3. The van der Waals surface area contributed by atoms with Crippen molar-refractivity contribution in [2.45, 2.75) is 49.1 Å². The highest BCUT2D eigenvalue weighted by atomic mass is 32.2. The van der Waals surface area contributed by atoms with Gasteiger partial charge in [-0.1, -0.05) is 24.3 Å². The summed E-state index contributed by atoms with van der Waals surface area (Å²) in [5.41, 5.74) is 8.36. The van der Waals surface area contributed by atoms with Gasteiger partial charge in [-0.3, -0.25) is 9.59 Å². The Morgan fingerprint density at radius 1 is 1.17 bits per heavy atom. The third-order valence-corrected chi connectivity index (χ3v) is 8.16. The van der Waals surface area contributed by atoms with E-state index < -0.39 is 34.2 Å². The molecule has 4 rings (SSSR count). The van der Waals surface area contributed by atoms with Crippen molar-refractivity contribution < 1.29 is 28.2 Å². The normalized spacial score (nSPS) is 16.9. The molecule has 1 aliphatic rings. The summed E-state index contributed by atoms with van der Waals surface area (Å²) < 4.78 is 25.1. The number of hydrogen-bond acceptors (Lipinski definition) is 6. The lowest BCUT2D eigenvalue weighted by Crippen LogP contribution is -2.32. The van der Waals surface area contributed by atoms with E-state index in [1.165, 1.54) is 30.3 Å². The third-order valence-electron chi connectivity index (χ3n) is 6.43. The molecule has 2 heterocycles. The maximum absolute atomic E-state index is 12.5. The van der Waals surface area contributed by atoms with E-state index in [1.807, 2.05) is 12.1 Å². The van der Waals surface area contributed by atoms with Gasteiger partial charge in [0.05, 0.1) is 17.1 Å². The molecule has 36 heavy (non-hydrogen) atoms. The fourth-order valence-electron chi connectivity index (χ4n) is 4.31. The van der Waals surface area contributed by atoms with Gasteiger partial charge in [0.15, 0.2) is 9.84 Å². The number of aromatic amines is 1. The number of hydrogen-bond donors (Lipinski definition) is 4. The number of fused-ring (bicyclic) bond motifs is 1. The monoisotopic (exact) mass is 515 g/mol. The molecule has 0 bridgehead atoms. The number of nitrogens with one attached hydrogen (secondary N) is 1. The first kappa shape index (κ1) is 27.4. The third kappa shape index (κ3) is 7.39. The summed E-state index contributed by atoms with van der Waals surface area (Å²) in [6.07, 6.45) is 5.67. The summed E-state index contributed by atoms with van der Waals surface area (Å²) in [6, 6.07) is 14.3. The van der Waals surface area contributed by atoms with Gasteiger partial charge in [0.2, 0.25) is 0 Å². The molecule has 0 unspecified atom stereocenters. The van der Waals surface area contributed by atoms with Crippen LogP contribution in [0.4, 0.5) is 0 Å². The SMILES string of the molecule is CN1CCC[C@@H]1Cc1c[nH]c2ccc(CCS(=O)(=O)c3ccccc3)cc12.N[C@@H](CC(=O)O)C(=O)O. The molecule has 2 atom stereocenters. The van der Waals surface area contributed by atoms with Crippen molar-refractivity contribution in [1.82, 2.24) is 9.88 Å². The van der Waals surface area contributed by atoms with Gasteiger partial charge in [-0.15, -0.1) is 0 Å². The van der Waals surface area contributed by atoms with Crippen LogP contribution in [-0.2, 0) is 32.3 Å². The highest BCUT2D eigenvalue weighted by Crippen LogP contribution is 2.26. The maximum Gasteiger partial charge on any atom is 0.321 e. The molecule has 0 saturated carbocycles. The van der Waals surface area contributed by atoms with Crippen molar-refractivity contribution in [3.63, 3.8) is 0 Å². The molecule has 194 valence electrons. The average Bonchev–Trinajstić information content (AvgIpc) is 3.44. The van der Waals surface area contributed by atoms with E-state index in [0.29, 0.717) is 17.4 Å². The molecular formula is C26H33N3O6S. The van der Waals surface area contributed by atoms with Gasteiger partial charge in [0, 0.05) is 23.1 Å². The number of likely N-dealkylation sites (N-methyl/N-ethyl adjacent to an activating group) is 1. The molecule has 1 saturated heterocycles. The molecule has 0 amide bonds. The Hall–Kier alpha value is -3.21. The van der Waals surface area contributed by atoms with Crippen molar-refractivity contribution in [2.75, 3.05) is 19.3 Å². The Balaban J connectivity index is 0.000000345. The van der Waals surface area contributed by atoms with Gasteiger partial charge in [-0.25, -0.2) is 8.42 Å². The second-order valence-electron chi connectivity index (χ2n) is 9.10. The molecule has 5 N–H and O–H groups in total. The largest absolute Gasteiger partial charge is 0.481 e. The summed E-state index contributed by atoms with van der Waals surface area (Å²) >= 11 is 0. The Morgan fingerprint density at radius 3 is 2.47 bits per heavy atom. The van der Waals surface area contributed by atoms with Crippen LogP contribution in [0.2, 0.25) is 0 Å². The summed E-state index contributed by atoms with van der Waals surface area (Å²) in [4.78, 5) is 25.8. The molecule has 3 aromatic rings. The molecule has 10 heteroatoms. The quantitative estimate of drug-likeness (QED) is 0.339. The van der Waals surface area contributed by atoms with Gasteiger partial charge in [-0.2, -0.15) is 0 Å². The first-order chi connectivity index (χ1) is 17.1. The Labute approximate surface area is 210 Å².